The topological polar surface area (TPSA) is 71.5 Å². The maximum atomic E-state index is 11.1. The molecule has 1 aliphatic rings. The second kappa shape index (κ2) is 12.0. The normalized spacial score (nSPS) is 16.7. The molecule has 0 aromatic heterocycles. The molecule has 164 valence electrons. The molecule has 1 aromatic carbocycles. The quantitative estimate of drug-likeness (QED) is 0.570. The van der Waals surface area contributed by atoms with Gasteiger partial charge in [0.1, 0.15) is 0 Å². The van der Waals surface area contributed by atoms with E-state index >= 15 is 0 Å². The molecule has 1 aliphatic heterocycles. The van der Waals surface area contributed by atoms with Crippen LogP contribution in [0.3, 0.4) is 0 Å². The van der Waals surface area contributed by atoms with Gasteiger partial charge in [0.05, 0.1) is 13.2 Å². The Hall–Kier alpha value is -1.83. The van der Waals surface area contributed by atoms with E-state index in [2.05, 4.69) is 16.8 Å². The van der Waals surface area contributed by atoms with Crippen molar-refractivity contribution >= 4 is 5.97 Å². The highest BCUT2D eigenvalue weighted by molar-refractivity contribution is 5.72. The summed E-state index contributed by atoms with van der Waals surface area (Å²) in [6, 6.07) is 5.75. The highest BCUT2D eigenvalue weighted by atomic mass is 16.5. The summed E-state index contributed by atoms with van der Waals surface area (Å²) >= 11 is 0. The van der Waals surface area contributed by atoms with E-state index in [9.17, 15) is 4.79 Å². The second-order valence-corrected chi connectivity index (χ2v) is 7.79. The molecule has 1 heterocycles. The van der Waals surface area contributed by atoms with Crippen molar-refractivity contribution in [2.75, 3.05) is 53.6 Å². The fourth-order valence-electron chi connectivity index (χ4n) is 3.69. The highest BCUT2D eigenvalue weighted by Crippen LogP contribution is 2.30. The van der Waals surface area contributed by atoms with Crippen molar-refractivity contribution in [2.45, 2.75) is 39.3 Å². The molecule has 2 rings (SSSR count). The Balaban J connectivity index is 1.88. The summed E-state index contributed by atoms with van der Waals surface area (Å²) in [5.74, 6) is 0.781. The van der Waals surface area contributed by atoms with Crippen molar-refractivity contribution < 1.29 is 24.1 Å². The molecule has 1 saturated heterocycles. The zero-order valence-corrected chi connectivity index (χ0v) is 18.2. The Morgan fingerprint density at radius 1 is 1.31 bits per heavy atom. The first-order valence-corrected chi connectivity index (χ1v) is 10.5. The van der Waals surface area contributed by atoms with Gasteiger partial charge in [-0.3, -0.25) is 0 Å². The van der Waals surface area contributed by atoms with E-state index in [0.717, 1.165) is 44.9 Å². The van der Waals surface area contributed by atoms with E-state index in [1.54, 1.807) is 7.11 Å². The maximum Gasteiger partial charge on any atom is 0.344 e. The van der Waals surface area contributed by atoms with Crippen LogP contribution in [0.1, 0.15) is 32.3 Å². The third-order valence-corrected chi connectivity index (χ3v) is 5.30. The molecule has 7 heteroatoms. The van der Waals surface area contributed by atoms with Gasteiger partial charge in [-0.25, -0.2) is 4.79 Å². The standard InChI is InChI=1S/C22H36N2O5/c1-5-28-21-14-19(6-7-20(21)29-17(2)22(25)26)16-23(3)15-18-8-10-24(11-9-18)12-13-27-4/h6-7,14,17-18H,5,8-13,15-16H2,1-4H3,(H,25,26). The third kappa shape index (κ3) is 7.84. The number of piperidine rings is 1. The number of methoxy groups -OCH3 is 1. The highest BCUT2D eigenvalue weighted by Gasteiger charge is 2.21. The molecule has 0 saturated carbocycles. The number of benzene rings is 1. The lowest BCUT2D eigenvalue weighted by atomic mass is 9.96. The van der Waals surface area contributed by atoms with E-state index in [4.69, 9.17) is 19.3 Å². The predicted octanol–water partition coefficient (Wildman–Crippen LogP) is 2.73. The molecule has 0 spiro atoms. The Labute approximate surface area is 174 Å². The van der Waals surface area contributed by atoms with Crippen LogP contribution in [-0.2, 0) is 16.1 Å². The number of likely N-dealkylation sites (tertiary alicyclic amines) is 1. The van der Waals surface area contributed by atoms with Crippen LogP contribution in [0, 0.1) is 5.92 Å². The number of carboxylic acids is 1. The number of carboxylic acid groups (broad SMARTS) is 1. The van der Waals surface area contributed by atoms with Gasteiger partial charge in [-0.1, -0.05) is 6.07 Å². The summed E-state index contributed by atoms with van der Waals surface area (Å²) in [6.07, 6.45) is 1.52. The molecule has 1 aromatic rings. The number of rotatable bonds is 12. The van der Waals surface area contributed by atoms with Crippen LogP contribution in [0.25, 0.3) is 0 Å². The number of aliphatic carboxylic acids is 1. The third-order valence-electron chi connectivity index (χ3n) is 5.30. The first kappa shape index (κ1) is 23.4. The fourth-order valence-corrected chi connectivity index (χ4v) is 3.69. The van der Waals surface area contributed by atoms with E-state index in [1.165, 1.54) is 19.8 Å². The Kier molecular flexibility index (Phi) is 9.70. The van der Waals surface area contributed by atoms with Crippen LogP contribution >= 0.6 is 0 Å². The van der Waals surface area contributed by atoms with Gasteiger partial charge in [0, 0.05) is 26.7 Å². The van der Waals surface area contributed by atoms with Gasteiger partial charge < -0.3 is 29.1 Å². The summed E-state index contributed by atoms with van der Waals surface area (Å²) in [5, 5.41) is 9.07. The number of hydrogen-bond donors (Lipinski definition) is 1. The molecule has 0 amide bonds. The van der Waals surface area contributed by atoms with Gasteiger partial charge in [-0.05, 0) is 70.4 Å². The molecule has 0 aliphatic carbocycles. The minimum Gasteiger partial charge on any atom is -0.490 e. The minimum absolute atomic E-state index is 0.469. The molecule has 1 fully saturated rings. The van der Waals surface area contributed by atoms with E-state index in [-0.39, 0.29) is 0 Å². The second-order valence-electron chi connectivity index (χ2n) is 7.79. The number of hydrogen-bond acceptors (Lipinski definition) is 6. The molecule has 0 radical (unpaired) electrons. The van der Waals surface area contributed by atoms with Crippen LogP contribution in [0.4, 0.5) is 0 Å². The summed E-state index contributed by atoms with van der Waals surface area (Å²) < 4.78 is 16.4. The molecule has 0 bridgehead atoms. The SMILES string of the molecule is CCOc1cc(CN(C)CC2CCN(CCOC)CC2)ccc1OC(C)C(=O)O. The smallest absolute Gasteiger partial charge is 0.344 e. The summed E-state index contributed by atoms with van der Waals surface area (Å²) in [7, 11) is 3.90. The van der Waals surface area contributed by atoms with Crippen molar-refractivity contribution in [3.63, 3.8) is 0 Å². The fraction of sp³-hybridized carbons (Fsp3) is 0.682. The van der Waals surface area contributed by atoms with E-state index in [1.807, 2.05) is 25.1 Å². The molecule has 7 nitrogen and oxygen atoms in total. The zero-order chi connectivity index (χ0) is 21.2. The van der Waals surface area contributed by atoms with Crippen LogP contribution < -0.4 is 9.47 Å². The Morgan fingerprint density at radius 2 is 2.03 bits per heavy atom. The lowest BCUT2D eigenvalue weighted by Gasteiger charge is -2.33. The van der Waals surface area contributed by atoms with Gasteiger partial charge in [0.15, 0.2) is 17.6 Å². The van der Waals surface area contributed by atoms with Crippen LogP contribution in [0.2, 0.25) is 0 Å². The molecule has 1 N–H and O–H groups in total. The molecular weight excluding hydrogens is 372 g/mol. The zero-order valence-electron chi connectivity index (χ0n) is 18.2. The number of ether oxygens (including phenoxy) is 3. The number of carbonyl (C=O) groups is 1. The maximum absolute atomic E-state index is 11.1. The van der Waals surface area contributed by atoms with Gasteiger partial charge in [-0.2, -0.15) is 0 Å². The van der Waals surface area contributed by atoms with E-state index < -0.39 is 12.1 Å². The van der Waals surface area contributed by atoms with Crippen LogP contribution in [-0.4, -0.2) is 80.5 Å². The van der Waals surface area contributed by atoms with Gasteiger partial charge in [0.25, 0.3) is 0 Å². The van der Waals surface area contributed by atoms with Crippen molar-refractivity contribution in [3.05, 3.63) is 23.8 Å². The average Bonchev–Trinajstić information content (AvgIpc) is 2.69. The number of nitrogens with zero attached hydrogens (tertiary/aromatic N) is 2. The first-order chi connectivity index (χ1) is 13.9. The monoisotopic (exact) mass is 408 g/mol. The van der Waals surface area contributed by atoms with Gasteiger partial charge in [-0.15, -0.1) is 0 Å². The molecular formula is C22H36N2O5. The summed E-state index contributed by atoms with van der Waals surface area (Å²) in [5.41, 5.74) is 1.13. The largest absolute Gasteiger partial charge is 0.490 e. The van der Waals surface area contributed by atoms with Crippen molar-refractivity contribution in [3.8, 4) is 11.5 Å². The van der Waals surface area contributed by atoms with Gasteiger partial charge in [0.2, 0.25) is 0 Å². The predicted molar refractivity (Wildman–Crippen MR) is 113 cm³/mol. The van der Waals surface area contributed by atoms with Crippen molar-refractivity contribution in [1.82, 2.24) is 9.80 Å². The first-order valence-electron chi connectivity index (χ1n) is 10.5. The summed E-state index contributed by atoms with van der Waals surface area (Å²) in [4.78, 5) is 15.9. The lowest BCUT2D eigenvalue weighted by molar-refractivity contribution is -0.144. The summed E-state index contributed by atoms with van der Waals surface area (Å²) in [6.45, 7) is 9.91. The lowest BCUT2D eigenvalue weighted by Crippen LogP contribution is -2.39. The van der Waals surface area contributed by atoms with Gasteiger partial charge >= 0.3 is 5.97 Å². The van der Waals surface area contributed by atoms with Crippen LogP contribution in [0.15, 0.2) is 18.2 Å². The van der Waals surface area contributed by atoms with Crippen LogP contribution in [0.5, 0.6) is 11.5 Å². The molecule has 29 heavy (non-hydrogen) atoms. The minimum atomic E-state index is -0.996. The Morgan fingerprint density at radius 3 is 2.66 bits per heavy atom. The molecule has 1 unspecified atom stereocenters. The van der Waals surface area contributed by atoms with E-state index in [0.29, 0.717) is 24.0 Å². The average molecular weight is 409 g/mol. The van der Waals surface area contributed by atoms with Crippen molar-refractivity contribution in [2.24, 2.45) is 5.92 Å². The van der Waals surface area contributed by atoms with Crippen molar-refractivity contribution in [1.29, 1.82) is 0 Å². The molecule has 1 atom stereocenters. The Bertz CT molecular complexity index is 632.